The van der Waals surface area contributed by atoms with Crippen molar-refractivity contribution in [2.75, 3.05) is 11.9 Å². The molecule has 0 spiro atoms. The van der Waals surface area contributed by atoms with E-state index < -0.39 is 6.04 Å². The highest BCUT2D eigenvalue weighted by molar-refractivity contribution is 6.05. The molecule has 3 amide bonds. The molecule has 2 N–H and O–H groups in total. The Bertz CT molecular complexity index is 964. The number of carbonyl (C=O) groups is 3. The quantitative estimate of drug-likeness (QED) is 0.771. The van der Waals surface area contributed by atoms with Gasteiger partial charge in [0.05, 0.1) is 0 Å². The van der Waals surface area contributed by atoms with Gasteiger partial charge in [-0.25, -0.2) is 0 Å². The van der Waals surface area contributed by atoms with Crippen LogP contribution in [0.2, 0.25) is 0 Å². The summed E-state index contributed by atoms with van der Waals surface area (Å²) >= 11 is 0. The summed E-state index contributed by atoms with van der Waals surface area (Å²) in [7, 11) is 0. The van der Waals surface area contributed by atoms with Gasteiger partial charge in [0.2, 0.25) is 5.91 Å². The zero-order chi connectivity index (χ0) is 21.8. The summed E-state index contributed by atoms with van der Waals surface area (Å²) in [6, 6.07) is 14.1. The zero-order valence-corrected chi connectivity index (χ0v) is 17.9. The van der Waals surface area contributed by atoms with Crippen molar-refractivity contribution in [1.29, 1.82) is 0 Å². The standard InChI is InChI=1S/C25H29N3O3/c1-17-11-13-18(14-12-17)23(29)27-21-9-4-6-19(16-21)25(31)28-15-5-10-22(28)24(30)26-20-7-2-3-8-20/h4,6,9,11-14,16,20,22H,2-3,5,7-8,10,15H2,1H3,(H,26,30)(H,27,29). The van der Waals surface area contributed by atoms with E-state index in [4.69, 9.17) is 0 Å². The van der Waals surface area contributed by atoms with Crippen LogP contribution in [0.5, 0.6) is 0 Å². The lowest BCUT2D eigenvalue weighted by molar-refractivity contribution is -0.125. The van der Waals surface area contributed by atoms with Crippen molar-refractivity contribution in [2.45, 2.75) is 57.5 Å². The van der Waals surface area contributed by atoms with Gasteiger partial charge >= 0.3 is 0 Å². The van der Waals surface area contributed by atoms with Gasteiger partial charge in [-0.15, -0.1) is 0 Å². The Morgan fingerprint density at radius 1 is 0.903 bits per heavy atom. The summed E-state index contributed by atoms with van der Waals surface area (Å²) in [5.41, 5.74) is 2.68. The normalized spacial score (nSPS) is 18.7. The van der Waals surface area contributed by atoms with Crippen LogP contribution < -0.4 is 10.6 Å². The maximum absolute atomic E-state index is 13.2. The lowest BCUT2D eigenvalue weighted by Gasteiger charge is -2.25. The van der Waals surface area contributed by atoms with Crippen LogP contribution in [0.4, 0.5) is 5.69 Å². The number of amides is 3. The van der Waals surface area contributed by atoms with Gasteiger partial charge in [-0.1, -0.05) is 36.6 Å². The zero-order valence-electron chi connectivity index (χ0n) is 17.9. The number of nitrogens with zero attached hydrogens (tertiary/aromatic N) is 1. The molecule has 2 aliphatic rings. The highest BCUT2D eigenvalue weighted by Gasteiger charge is 2.35. The van der Waals surface area contributed by atoms with Crippen LogP contribution in [0, 0.1) is 6.92 Å². The molecule has 1 atom stereocenters. The molecule has 162 valence electrons. The lowest BCUT2D eigenvalue weighted by atomic mass is 10.1. The molecule has 1 aliphatic heterocycles. The summed E-state index contributed by atoms with van der Waals surface area (Å²) in [6.45, 7) is 2.54. The number of nitrogens with one attached hydrogen (secondary N) is 2. The van der Waals surface area contributed by atoms with Crippen LogP contribution in [0.15, 0.2) is 48.5 Å². The molecule has 0 radical (unpaired) electrons. The minimum atomic E-state index is -0.418. The molecular formula is C25H29N3O3. The monoisotopic (exact) mass is 419 g/mol. The van der Waals surface area contributed by atoms with E-state index in [2.05, 4.69) is 10.6 Å². The number of rotatable bonds is 5. The molecule has 1 aliphatic carbocycles. The first-order chi connectivity index (χ1) is 15.0. The molecule has 4 rings (SSSR count). The molecule has 1 saturated carbocycles. The third kappa shape index (κ3) is 4.95. The number of hydrogen-bond acceptors (Lipinski definition) is 3. The average molecular weight is 420 g/mol. The van der Waals surface area contributed by atoms with Crippen LogP contribution in [-0.2, 0) is 4.79 Å². The molecule has 2 fully saturated rings. The summed E-state index contributed by atoms with van der Waals surface area (Å²) in [5.74, 6) is -0.434. The van der Waals surface area contributed by atoms with Crippen molar-refractivity contribution in [3.8, 4) is 0 Å². The predicted octanol–water partition coefficient (Wildman–Crippen LogP) is 3.91. The van der Waals surface area contributed by atoms with E-state index >= 15 is 0 Å². The number of carbonyl (C=O) groups excluding carboxylic acids is 3. The number of benzene rings is 2. The fourth-order valence-corrected chi connectivity index (χ4v) is 4.45. The Kier molecular flexibility index (Phi) is 6.35. The smallest absolute Gasteiger partial charge is 0.255 e. The molecule has 6 heteroatoms. The lowest BCUT2D eigenvalue weighted by Crippen LogP contribution is -2.48. The van der Waals surface area contributed by atoms with Crippen molar-refractivity contribution in [3.63, 3.8) is 0 Å². The molecule has 31 heavy (non-hydrogen) atoms. The molecule has 1 unspecified atom stereocenters. The topological polar surface area (TPSA) is 78.5 Å². The Labute approximate surface area is 183 Å². The van der Waals surface area contributed by atoms with Crippen LogP contribution in [0.1, 0.15) is 64.8 Å². The number of aryl methyl sites for hydroxylation is 1. The largest absolute Gasteiger partial charge is 0.352 e. The molecule has 0 bridgehead atoms. The summed E-state index contributed by atoms with van der Waals surface area (Å²) < 4.78 is 0. The van der Waals surface area contributed by atoms with E-state index in [0.717, 1.165) is 37.7 Å². The van der Waals surface area contributed by atoms with Crippen molar-refractivity contribution >= 4 is 23.4 Å². The first kappa shape index (κ1) is 21.1. The summed E-state index contributed by atoms with van der Waals surface area (Å²) in [6.07, 6.45) is 5.86. The van der Waals surface area contributed by atoms with Crippen LogP contribution in [-0.4, -0.2) is 41.2 Å². The maximum Gasteiger partial charge on any atom is 0.255 e. The second-order valence-corrected chi connectivity index (χ2v) is 8.55. The highest BCUT2D eigenvalue weighted by Crippen LogP contribution is 2.24. The Morgan fingerprint density at radius 3 is 2.39 bits per heavy atom. The van der Waals surface area contributed by atoms with Crippen LogP contribution in [0.3, 0.4) is 0 Å². The molecule has 6 nitrogen and oxygen atoms in total. The van der Waals surface area contributed by atoms with E-state index in [-0.39, 0.29) is 23.8 Å². The summed E-state index contributed by atoms with van der Waals surface area (Å²) in [4.78, 5) is 40.1. The third-order valence-corrected chi connectivity index (χ3v) is 6.20. The Balaban J connectivity index is 1.43. The average Bonchev–Trinajstić information content (AvgIpc) is 3.46. The van der Waals surface area contributed by atoms with E-state index in [0.29, 0.717) is 29.8 Å². The Morgan fingerprint density at radius 2 is 1.65 bits per heavy atom. The van der Waals surface area contributed by atoms with E-state index in [1.165, 1.54) is 0 Å². The van der Waals surface area contributed by atoms with Gasteiger partial charge < -0.3 is 15.5 Å². The number of likely N-dealkylation sites (tertiary alicyclic amines) is 1. The highest BCUT2D eigenvalue weighted by atomic mass is 16.2. The molecular weight excluding hydrogens is 390 g/mol. The maximum atomic E-state index is 13.2. The van der Waals surface area contributed by atoms with E-state index in [9.17, 15) is 14.4 Å². The van der Waals surface area contributed by atoms with Gasteiger partial charge in [-0.2, -0.15) is 0 Å². The summed E-state index contributed by atoms with van der Waals surface area (Å²) in [5, 5.41) is 5.98. The van der Waals surface area contributed by atoms with Crippen molar-refractivity contribution in [3.05, 3.63) is 65.2 Å². The van der Waals surface area contributed by atoms with Gasteiger partial charge in [0.15, 0.2) is 0 Å². The molecule has 2 aromatic rings. The third-order valence-electron chi connectivity index (χ3n) is 6.20. The second-order valence-electron chi connectivity index (χ2n) is 8.55. The van der Waals surface area contributed by atoms with Gasteiger partial charge in [0.1, 0.15) is 6.04 Å². The van der Waals surface area contributed by atoms with Crippen molar-refractivity contribution in [2.24, 2.45) is 0 Å². The van der Waals surface area contributed by atoms with Gasteiger partial charge in [0, 0.05) is 29.4 Å². The van der Waals surface area contributed by atoms with Crippen LogP contribution in [0.25, 0.3) is 0 Å². The predicted molar refractivity (Wildman–Crippen MR) is 120 cm³/mol. The van der Waals surface area contributed by atoms with Crippen molar-refractivity contribution < 1.29 is 14.4 Å². The van der Waals surface area contributed by atoms with Gasteiger partial charge in [-0.3, -0.25) is 14.4 Å². The Hall–Kier alpha value is -3.15. The number of anilines is 1. The van der Waals surface area contributed by atoms with Crippen LogP contribution >= 0.6 is 0 Å². The van der Waals surface area contributed by atoms with Gasteiger partial charge in [-0.05, 0) is 62.9 Å². The van der Waals surface area contributed by atoms with Gasteiger partial charge in [0.25, 0.3) is 11.8 Å². The number of hydrogen-bond donors (Lipinski definition) is 2. The molecule has 0 aromatic heterocycles. The fourth-order valence-electron chi connectivity index (χ4n) is 4.45. The fraction of sp³-hybridized carbons (Fsp3) is 0.400. The second kappa shape index (κ2) is 9.33. The molecule has 2 aromatic carbocycles. The minimum absolute atomic E-state index is 0.0402. The van der Waals surface area contributed by atoms with E-state index in [1.54, 1.807) is 41.3 Å². The van der Waals surface area contributed by atoms with E-state index in [1.807, 2.05) is 19.1 Å². The SMILES string of the molecule is Cc1ccc(C(=O)Nc2cccc(C(=O)N3CCCC3C(=O)NC3CCCC3)c2)cc1. The minimum Gasteiger partial charge on any atom is -0.352 e. The molecule has 1 saturated heterocycles. The van der Waals surface area contributed by atoms with Crippen molar-refractivity contribution in [1.82, 2.24) is 10.2 Å². The first-order valence-electron chi connectivity index (χ1n) is 11.1. The molecule has 1 heterocycles. The first-order valence-corrected chi connectivity index (χ1v) is 11.1.